The molecule has 0 spiro atoms. The standard InChI is InChI=1S/C26H34N4O2/c1-18-10-12-19(13-11-18)26(32)30-15-6-5-9-23(30)24-27-22-17-29(20-7-3-2-4-8-20)16-14-21(22)25(31)28-24/h10-13,20,23H,2-9,14-17H2,1H3,(H,27,28,31)/t23-/m0/s1. The molecule has 32 heavy (non-hydrogen) atoms. The first kappa shape index (κ1) is 21.4. The van der Waals surface area contributed by atoms with Crippen LogP contribution in [-0.2, 0) is 13.0 Å². The van der Waals surface area contributed by atoms with Gasteiger partial charge in [-0.25, -0.2) is 4.98 Å². The zero-order chi connectivity index (χ0) is 22.1. The number of amides is 1. The maximum Gasteiger partial charge on any atom is 0.254 e. The third-order valence-corrected chi connectivity index (χ3v) is 7.59. The number of aryl methyl sites for hydroxylation is 1. The van der Waals surface area contributed by atoms with Gasteiger partial charge in [0.05, 0.1) is 11.7 Å². The molecule has 1 amide bonds. The summed E-state index contributed by atoms with van der Waals surface area (Å²) >= 11 is 0. The summed E-state index contributed by atoms with van der Waals surface area (Å²) in [6, 6.07) is 8.20. The van der Waals surface area contributed by atoms with Crippen LogP contribution in [0.25, 0.3) is 0 Å². The first-order valence-corrected chi connectivity index (χ1v) is 12.3. The van der Waals surface area contributed by atoms with Crippen LogP contribution >= 0.6 is 0 Å². The Morgan fingerprint density at radius 1 is 1.00 bits per heavy atom. The minimum absolute atomic E-state index is 0.0124. The minimum Gasteiger partial charge on any atom is -0.328 e. The normalized spacial score (nSPS) is 22.5. The Morgan fingerprint density at radius 2 is 1.75 bits per heavy atom. The molecule has 3 heterocycles. The van der Waals surface area contributed by atoms with Gasteiger partial charge in [0, 0.05) is 36.8 Å². The summed E-state index contributed by atoms with van der Waals surface area (Å²) in [5.74, 6) is 0.693. The molecule has 6 heteroatoms. The van der Waals surface area contributed by atoms with Gasteiger partial charge in [-0.3, -0.25) is 14.5 Å². The van der Waals surface area contributed by atoms with Gasteiger partial charge >= 0.3 is 0 Å². The summed E-state index contributed by atoms with van der Waals surface area (Å²) in [6.45, 7) is 4.43. The van der Waals surface area contributed by atoms with Gasteiger partial charge in [0.15, 0.2) is 0 Å². The van der Waals surface area contributed by atoms with E-state index >= 15 is 0 Å². The maximum absolute atomic E-state index is 13.3. The number of rotatable bonds is 3. The summed E-state index contributed by atoms with van der Waals surface area (Å²) in [7, 11) is 0. The van der Waals surface area contributed by atoms with E-state index in [1.165, 1.54) is 32.1 Å². The van der Waals surface area contributed by atoms with Gasteiger partial charge in [-0.05, 0) is 57.6 Å². The lowest BCUT2D eigenvalue weighted by Gasteiger charge is -2.38. The van der Waals surface area contributed by atoms with Gasteiger partial charge in [-0.1, -0.05) is 37.0 Å². The smallest absolute Gasteiger partial charge is 0.254 e. The Hall–Kier alpha value is -2.47. The van der Waals surface area contributed by atoms with E-state index in [2.05, 4.69) is 9.88 Å². The van der Waals surface area contributed by atoms with E-state index in [9.17, 15) is 9.59 Å². The van der Waals surface area contributed by atoms with E-state index < -0.39 is 0 Å². The van der Waals surface area contributed by atoms with E-state index in [0.717, 1.165) is 55.6 Å². The molecular formula is C26H34N4O2. The highest BCUT2D eigenvalue weighted by Crippen LogP contribution is 2.31. The highest BCUT2D eigenvalue weighted by atomic mass is 16.2. The second-order valence-electron chi connectivity index (χ2n) is 9.76. The van der Waals surface area contributed by atoms with Crippen molar-refractivity contribution in [3.63, 3.8) is 0 Å². The lowest BCUT2D eigenvalue weighted by molar-refractivity contribution is 0.0598. The number of H-pyrrole nitrogens is 1. The molecule has 5 rings (SSSR count). The number of nitrogens with zero attached hydrogens (tertiary/aromatic N) is 3. The number of aromatic nitrogens is 2. The quantitative estimate of drug-likeness (QED) is 0.788. The average molecular weight is 435 g/mol. The molecule has 1 saturated heterocycles. The summed E-state index contributed by atoms with van der Waals surface area (Å²) in [6.07, 6.45) is 10.1. The van der Waals surface area contributed by atoms with Crippen LogP contribution in [0.15, 0.2) is 29.1 Å². The minimum atomic E-state index is -0.166. The van der Waals surface area contributed by atoms with Crippen molar-refractivity contribution in [1.82, 2.24) is 19.8 Å². The maximum atomic E-state index is 13.3. The second-order valence-corrected chi connectivity index (χ2v) is 9.76. The van der Waals surface area contributed by atoms with Crippen LogP contribution < -0.4 is 5.56 Å². The number of piperidine rings is 1. The van der Waals surface area contributed by atoms with Gasteiger partial charge in [-0.15, -0.1) is 0 Å². The van der Waals surface area contributed by atoms with Crippen molar-refractivity contribution in [3.05, 3.63) is 62.8 Å². The average Bonchev–Trinajstić information content (AvgIpc) is 2.84. The van der Waals surface area contributed by atoms with Crippen LogP contribution in [0.1, 0.15) is 90.4 Å². The third kappa shape index (κ3) is 4.25. The molecular weight excluding hydrogens is 400 g/mol. The van der Waals surface area contributed by atoms with Crippen LogP contribution in [0.3, 0.4) is 0 Å². The molecule has 6 nitrogen and oxygen atoms in total. The predicted octanol–water partition coefficient (Wildman–Crippen LogP) is 4.14. The second kappa shape index (κ2) is 9.18. The third-order valence-electron chi connectivity index (χ3n) is 7.59. The molecule has 2 fully saturated rings. The van der Waals surface area contributed by atoms with Crippen molar-refractivity contribution in [2.24, 2.45) is 0 Å². The first-order chi connectivity index (χ1) is 15.6. The Balaban J connectivity index is 1.42. The summed E-state index contributed by atoms with van der Waals surface area (Å²) in [5, 5.41) is 0. The molecule has 2 aromatic rings. The molecule has 1 saturated carbocycles. The molecule has 2 aliphatic heterocycles. The molecule has 1 aromatic carbocycles. The Bertz CT molecular complexity index is 1020. The summed E-state index contributed by atoms with van der Waals surface area (Å²) in [5.41, 5.74) is 3.59. The zero-order valence-corrected chi connectivity index (χ0v) is 19.1. The molecule has 0 unspecified atom stereocenters. The number of benzene rings is 1. The molecule has 170 valence electrons. The molecule has 3 aliphatic rings. The van der Waals surface area contributed by atoms with Crippen LogP contribution in [0.4, 0.5) is 0 Å². The van der Waals surface area contributed by atoms with Gasteiger partial charge in [0.2, 0.25) is 0 Å². The highest BCUT2D eigenvalue weighted by molar-refractivity contribution is 5.94. The number of nitrogens with one attached hydrogen (secondary N) is 1. The number of hydrogen-bond acceptors (Lipinski definition) is 4. The largest absolute Gasteiger partial charge is 0.328 e. The Kier molecular flexibility index (Phi) is 6.13. The first-order valence-electron chi connectivity index (χ1n) is 12.3. The number of aromatic amines is 1. The SMILES string of the molecule is Cc1ccc(C(=O)N2CCCC[C@H]2c2nc3c(c(=O)[nH]2)CCN(C2CCCCC2)C3)cc1. The summed E-state index contributed by atoms with van der Waals surface area (Å²) < 4.78 is 0. The topological polar surface area (TPSA) is 69.3 Å². The number of hydrogen-bond donors (Lipinski definition) is 1. The fraction of sp³-hybridized carbons (Fsp3) is 0.577. The van der Waals surface area contributed by atoms with Crippen molar-refractivity contribution in [3.8, 4) is 0 Å². The van der Waals surface area contributed by atoms with E-state index in [1.807, 2.05) is 36.1 Å². The van der Waals surface area contributed by atoms with Gasteiger partial charge in [0.1, 0.15) is 5.82 Å². The van der Waals surface area contributed by atoms with Crippen LogP contribution in [-0.4, -0.2) is 44.8 Å². The predicted molar refractivity (Wildman–Crippen MR) is 125 cm³/mol. The molecule has 1 atom stereocenters. The van der Waals surface area contributed by atoms with Crippen LogP contribution in [0.5, 0.6) is 0 Å². The van der Waals surface area contributed by atoms with Crippen molar-refractivity contribution < 1.29 is 4.79 Å². The highest BCUT2D eigenvalue weighted by Gasteiger charge is 2.33. The van der Waals surface area contributed by atoms with Crippen molar-refractivity contribution in [2.45, 2.75) is 83.3 Å². The van der Waals surface area contributed by atoms with Crippen LogP contribution in [0, 0.1) is 6.92 Å². The lowest BCUT2D eigenvalue weighted by atomic mass is 9.92. The molecule has 0 radical (unpaired) electrons. The molecule has 1 aliphatic carbocycles. The molecule has 1 N–H and O–H groups in total. The van der Waals surface area contributed by atoms with Crippen molar-refractivity contribution >= 4 is 5.91 Å². The fourth-order valence-corrected chi connectivity index (χ4v) is 5.72. The summed E-state index contributed by atoms with van der Waals surface area (Å²) in [4.78, 5) is 38.8. The van der Waals surface area contributed by atoms with Crippen molar-refractivity contribution in [2.75, 3.05) is 13.1 Å². The lowest BCUT2D eigenvalue weighted by Crippen LogP contribution is -2.44. The van der Waals surface area contributed by atoms with Gasteiger partial charge in [0.25, 0.3) is 11.5 Å². The number of fused-ring (bicyclic) bond motifs is 1. The number of carbonyl (C=O) groups is 1. The monoisotopic (exact) mass is 434 g/mol. The van der Waals surface area contributed by atoms with Gasteiger partial charge < -0.3 is 9.88 Å². The van der Waals surface area contributed by atoms with Gasteiger partial charge in [-0.2, -0.15) is 0 Å². The Morgan fingerprint density at radius 3 is 2.53 bits per heavy atom. The molecule has 0 bridgehead atoms. The number of likely N-dealkylation sites (tertiary alicyclic amines) is 1. The van der Waals surface area contributed by atoms with E-state index in [0.29, 0.717) is 24.0 Å². The van der Waals surface area contributed by atoms with Crippen molar-refractivity contribution in [1.29, 1.82) is 0 Å². The Labute approximate surface area is 190 Å². The number of carbonyl (C=O) groups excluding carboxylic acids is 1. The van der Waals surface area contributed by atoms with E-state index in [-0.39, 0.29) is 17.5 Å². The van der Waals surface area contributed by atoms with E-state index in [1.54, 1.807) is 0 Å². The fourth-order valence-electron chi connectivity index (χ4n) is 5.72. The molecule has 1 aromatic heterocycles. The zero-order valence-electron chi connectivity index (χ0n) is 19.1. The van der Waals surface area contributed by atoms with E-state index in [4.69, 9.17) is 4.98 Å². The van der Waals surface area contributed by atoms with Crippen LogP contribution in [0.2, 0.25) is 0 Å².